The van der Waals surface area contributed by atoms with Gasteiger partial charge in [-0.1, -0.05) is 11.2 Å². The second kappa shape index (κ2) is 6.25. The van der Waals surface area contributed by atoms with E-state index in [1.807, 2.05) is 30.0 Å². The Hall–Kier alpha value is -2.57. The summed E-state index contributed by atoms with van der Waals surface area (Å²) in [5, 5.41) is 11.2. The van der Waals surface area contributed by atoms with E-state index in [4.69, 9.17) is 9.15 Å². The smallest absolute Gasteiger partial charge is 0.316 e. The van der Waals surface area contributed by atoms with Gasteiger partial charge in [0.15, 0.2) is 0 Å². The molecular weight excluding hydrogens is 344 g/mol. The summed E-state index contributed by atoms with van der Waals surface area (Å²) in [6.07, 6.45) is 5.87. The Balaban J connectivity index is 1.23. The number of nitrogens with one attached hydrogen (secondary N) is 1. The third-order valence-corrected chi connectivity index (χ3v) is 6.17. The maximum absolute atomic E-state index is 12.7. The first-order chi connectivity index (χ1) is 13.1. The van der Waals surface area contributed by atoms with E-state index >= 15 is 0 Å². The number of benzene rings is 1. The Morgan fingerprint density at radius 2 is 2.04 bits per heavy atom. The van der Waals surface area contributed by atoms with Crippen molar-refractivity contribution < 1.29 is 13.9 Å². The van der Waals surface area contributed by atoms with Gasteiger partial charge in [0.05, 0.1) is 6.61 Å². The molecule has 0 radical (unpaired) electrons. The van der Waals surface area contributed by atoms with Crippen molar-refractivity contribution in [3.8, 4) is 17.2 Å². The number of hydrogen-bond acceptors (Lipinski definition) is 6. The van der Waals surface area contributed by atoms with Crippen molar-refractivity contribution in [2.75, 3.05) is 25.0 Å². The van der Waals surface area contributed by atoms with Crippen LogP contribution in [0.4, 0.5) is 6.01 Å². The lowest BCUT2D eigenvalue weighted by Gasteiger charge is -2.33. The van der Waals surface area contributed by atoms with E-state index in [9.17, 15) is 4.79 Å². The number of carbonyl (C=O) groups is 1. The summed E-state index contributed by atoms with van der Waals surface area (Å²) in [5.41, 5.74) is 2.58. The van der Waals surface area contributed by atoms with Crippen molar-refractivity contribution in [1.82, 2.24) is 15.1 Å². The molecule has 27 heavy (non-hydrogen) atoms. The summed E-state index contributed by atoms with van der Waals surface area (Å²) in [4.78, 5) is 14.7. The van der Waals surface area contributed by atoms with Gasteiger partial charge < -0.3 is 19.4 Å². The molecule has 1 aliphatic carbocycles. The summed E-state index contributed by atoms with van der Waals surface area (Å²) < 4.78 is 11.3. The number of amides is 1. The van der Waals surface area contributed by atoms with Gasteiger partial charge in [-0.15, -0.1) is 5.10 Å². The van der Waals surface area contributed by atoms with Crippen LogP contribution in [-0.2, 0) is 11.2 Å². The zero-order chi connectivity index (χ0) is 18.4. The third kappa shape index (κ3) is 3.15. The van der Waals surface area contributed by atoms with Crippen LogP contribution in [0, 0.1) is 5.41 Å². The maximum Gasteiger partial charge on any atom is 0.316 e. The standard InChI is InChI=1S/C20H24N4O3/c1-13(18(25)24-9-7-20(5-6-20)8-10-24)21-19-23-22-17(27-19)15-3-2-14-4-11-26-16(14)12-15/h2-3,12-13H,4-11H2,1H3,(H,21,23)/t13-/m1/s1. The number of aromatic nitrogens is 2. The van der Waals surface area contributed by atoms with Gasteiger partial charge in [0.1, 0.15) is 11.8 Å². The first-order valence-electron chi connectivity index (χ1n) is 9.77. The van der Waals surface area contributed by atoms with Crippen LogP contribution in [0.15, 0.2) is 22.6 Å². The van der Waals surface area contributed by atoms with Crippen LogP contribution in [0.25, 0.3) is 11.5 Å². The molecule has 1 amide bonds. The highest BCUT2D eigenvalue weighted by Crippen LogP contribution is 2.53. The molecule has 7 heteroatoms. The van der Waals surface area contributed by atoms with E-state index < -0.39 is 6.04 Å². The summed E-state index contributed by atoms with van der Waals surface area (Å²) in [6, 6.07) is 5.79. The minimum atomic E-state index is -0.394. The number of piperidine rings is 1. The SMILES string of the molecule is C[C@@H](Nc1nnc(-c2ccc3c(c2)OCC3)o1)C(=O)N1CCC2(CC1)CC2. The zero-order valence-electron chi connectivity index (χ0n) is 15.5. The van der Waals surface area contributed by atoms with Gasteiger partial charge in [0.25, 0.3) is 0 Å². The van der Waals surface area contributed by atoms with Gasteiger partial charge in [-0.25, -0.2) is 0 Å². The molecular formula is C20H24N4O3. The molecule has 3 heterocycles. The fourth-order valence-corrected chi connectivity index (χ4v) is 4.10. The molecule has 1 saturated carbocycles. The number of fused-ring (bicyclic) bond motifs is 1. The van der Waals surface area contributed by atoms with Crippen molar-refractivity contribution in [2.45, 2.75) is 45.1 Å². The second-order valence-corrected chi connectivity index (χ2v) is 8.02. The first kappa shape index (κ1) is 16.6. The molecule has 1 aromatic carbocycles. The molecule has 5 rings (SSSR count). The minimum absolute atomic E-state index is 0.0937. The number of hydrogen-bond donors (Lipinski definition) is 1. The van der Waals surface area contributed by atoms with E-state index in [-0.39, 0.29) is 11.9 Å². The van der Waals surface area contributed by atoms with Crippen molar-refractivity contribution in [3.05, 3.63) is 23.8 Å². The lowest BCUT2D eigenvalue weighted by molar-refractivity contribution is -0.133. The van der Waals surface area contributed by atoms with E-state index in [1.165, 1.54) is 18.4 Å². The van der Waals surface area contributed by atoms with Crippen molar-refractivity contribution in [2.24, 2.45) is 5.41 Å². The average molecular weight is 368 g/mol. The fourth-order valence-electron chi connectivity index (χ4n) is 4.10. The summed E-state index contributed by atoms with van der Waals surface area (Å²) in [6.45, 7) is 4.27. The average Bonchev–Trinajstić information content (AvgIpc) is 3.10. The van der Waals surface area contributed by atoms with E-state index in [0.717, 1.165) is 43.7 Å². The number of anilines is 1. The molecule has 3 aliphatic rings. The summed E-state index contributed by atoms with van der Waals surface area (Å²) in [5.74, 6) is 1.39. The molecule has 2 aliphatic heterocycles. The lowest BCUT2D eigenvalue weighted by atomic mass is 9.93. The van der Waals surface area contributed by atoms with E-state index in [1.54, 1.807) is 0 Å². The third-order valence-electron chi connectivity index (χ3n) is 6.17. The Morgan fingerprint density at radius 3 is 2.81 bits per heavy atom. The van der Waals surface area contributed by atoms with Crippen LogP contribution in [0.2, 0.25) is 0 Å². The Labute approximate surface area is 158 Å². The molecule has 1 saturated heterocycles. The molecule has 0 unspecified atom stereocenters. The van der Waals surface area contributed by atoms with E-state index in [0.29, 0.717) is 17.9 Å². The Morgan fingerprint density at radius 1 is 1.22 bits per heavy atom. The van der Waals surface area contributed by atoms with Crippen LogP contribution in [0.1, 0.15) is 38.2 Å². The predicted octanol–water partition coefficient (Wildman–Crippen LogP) is 2.87. The normalized spacial score (nSPS) is 20.9. The van der Waals surface area contributed by atoms with Crippen LogP contribution >= 0.6 is 0 Å². The summed E-state index contributed by atoms with van der Waals surface area (Å²) in [7, 11) is 0. The maximum atomic E-state index is 12.7. The van der Waals surface area contributed by atoms with Crippen LogP contribution in [0.3, 0.4) is 0 Å². The van der Waals surface area contributed by atoms with Gasteiger partial charge in [-0.2, -0.15) is 0 Å². The Bertz CT molecular complexity index is 864. The number of rotatable bonds is 4. The van der Waals surface area contributed by atoms with Gasteiger partial charge in [0, 0.05) is 25.1 Å². The molecule has 1 N–H and O–H groups in total. The molecule has 2 fully saturated rings. The molecule has 142 valence electrons. The molecule has 1 aromatic heterocycles. The summed E-state index contributed by atoms with van der Waals surface area (Å²) >= 11 is 0. The lowest BCUT2D eigenvalue weighted by Crippen LogP contribution is -2.45. The van der Waals surface area contributed by atoms with Gasteiger partial charge in [-0.3, -0.25) is 4.79 Å². The van der Waals surface area contributed by atoms with Crippen LogP contribution in [0.5, 0.6) is 5.75 Å². The molecule has 0 bridgehead atoms. The fraction of sp³-hybridized carbons (Fsp3) is 0.550. The quantitative estimate of drug-likeness (QED) is 0.894. The minimum Gasteiger partial charge on any atom is -0.493 e. The molecule has 7 nitrogen and oxygen atoms in total. The molecule has 1 atom stereocenters. The predicted molar refractivity (Wildman–Crippen MR) is 99.5 cm³/mol. The van der Waals surface area contributed by atoms with Crippen LogP contribution < -0.4 is 10.1 Å². The number of carbonyl (C=O) groups excluding carboxylic acids is 1. The Kier molecular flexibility index (Phi) is 3.84. The number of nitrogens with zero attached hydrogens (tertiary/aromatic N) is 3. The highest BCUT2D eigenvalue weighted by atomic mass is 16.5. The number of ether oxygens (including phenoxy) is 1. The van der Waals surface area contributed by atoms with Gasteiger partial charge in [-0.05, 0) is 55.7 Å². The van der Waals surface area contributed by atoms with Crippen molar-refractivity contribution in [3.63, 3.8) is 0 Å². The monoisotopic (exact) mass is 368 g/mol. The van der Waals surface area contributed by atoms with Crippen LogP contribution in [-0.4, -0.2) is 46.7 Å². The topological polar surface area (TPSA) is 80.5 Å². The zero-order valence-corrected chi connectivity index (χ0v) is 15.5. The van der Waals surface area contributed by atoms with Crippen molar-refractivity contribution in [1.29, 1.82) is 0 Å². The van der Waals surface area contributed by atoms with Crippen molar-refractivity contribution >= 4 is 11.9 Å². The van der Waals surface area contributed by atoms with Gasteiger partial charge in [0.2, 0.25) is 11.8 Å². The molecule has 1 spiro atoms. The second-order valence-electron chi connectivity index (χ2n) is 8.02. The first-order valence-corrected chi connectivity index (χ1v) is 9.77. The van der Waals surface area contributed by atoms with E-state index in [2.05, 4.69) is 15.5 Å². The van der Waals surface area contributed by atoms with Gasteiger partial charge >= 0.3 is 6.01 Å². The highest BCUT2D eigenvalue weighted by molar-refractivity contribution is 5.83. The highest BCUT2D eigenvalue weighted by Gasteiger charge is 2.45. The largest absolute Gasteiger partial charge is 0.493 e. The molecule has 2 aromatic rings. The number of likely N-dealkylation sites (tertiary alicyclic amines) is 1.